The number of nitrogens with one attached hydrogen (secondary N) is 1. The second-order valence-electron chi connectivity index (χ2n) is 5.96. The Morgan fingerprint density at radius 3 is 2.85 bits per heavy atom. The van der Waals surface area contributed by atoms with E-state index in [1.54, 1.807) is 0 Å². The SMILES string of the molecule is CNCc1cc(C(C)C)nc(N(C)CC2CCCO2)c1. The molecule has 0 radical (unpaired) electrons. The van der Waals surface area contributed by atoms with E-state index in [0.29, 0.717) is 12.0 Å². The molecule has 4 nitrogen and oxygen atoms in total. The largest absolute Gasteiger partial charge is 0.376 e. The minimum atomic E-state index is 0.359. The third-order valence-corrected chi connectivity index (χ3v) is 3.76. The topological polar surface area (TPSA) is 37.4 Å². The molecule has 0 spiro atoms. The molecule has 20 heavy (non-hydrogen) atoms. The summed E-state index contributed by atoms with van der Waals surface area (Å²) in [6.07, 6.45) is 2.71. The van der Waals surface area contributed by atoms with Gasteiger partial charge in [0.15, 0.2) is 0 Å². The molecule has 1 fully saturated rings. The van der Waals surface area contributed by atoms with Crippen LogP contribution in [0.4, 0.5) is 5.82 Å². The molecule has 0 saturated carbocycles. The fourth-order valence-electron chi connectivity index (χ4n) is 2.58. The van der Waals surface area contributed by atoms with E-state index in [1.807, 2.05) is 7.05 Å². The van der Waals surface area contributed by atoms with Gasteiger partial charge in [-0.2, -0.15) is 0 Å². The molecule has 1 aromatic heterocycles. The van der Waals surface area contributed by atoms with Crippen LogP contribution in [0.15, 0.2) is 12.1 Å². The molecule has 1 saturated heterocycles. The van der Waals surface area contributed by atoms with Gasteiger partial charge in [0.1, 0.15) is 5.82 Å². The molecule has 0 aromatic carbocycles. The lowest BCUT2D eigenvalue weighted by Gasteiger charge is -2.23. The number of hydrogen-bond acceptors (Lipinski definition) is 4. The lowest BCUT2D eigenvalue weighted by Crippen LogP contribution is -2.29. The molecule has 1 aliphatic heterocycles. The van der Waals surface area contributed by atoms with Crippen LogP contribution in [0.2, 0.25) is 0 Å². The fourth-order valence-corrected chi connectivity index (χ4v) is 2.58. The molecule has 2 heterocycles. The predicted molar refractivity (Wildman–Crippen MR) is 83.3 cm³/mol. The lowest BCUT2D eigenvalue weighted by atomic mass is 10.1. The van der Waals surface area contributed by atoms with Crippen molar-refractivity contribution in [3.05, 3.63) is 23.4 Å². The molecule has 1 unspecified atom stereocenters. The van der Waals surface area contributed by atoms with E-state index >= 15 is 0 Å². The number of aromatic nitrogens is 1. The molecule has 0 aliphatic carbocycles. The Labute approximate surface area is 122 Å². The Kier molecular flexibility index (Phi) is 5.38. The van der Waals surface area contributed by atoms with Crippen LogP contribution in [-0.2, 0) is 11.3 Å². The van der Waals surface area contributed by atoms with Gasteiger partial charge in [-0.15, -0.1) is 0 Å². The Hall–Kier alpha value is -1.13. The van der Waals surface area contributed by atoms with E-state index in [4.69, 9.17) is 9.72 Å². The van der Waals surface area contributed by atoms with Gasteiger partial charge in [-0.3, -0.25) is 0 Å². The van der Waals surface area contributed by atoms with Gasteiger partial charge in [-0.05, 0) is 43.5 Å². The van der Waals surface area contributed by atoms with Crippen molar-refractivity contribution in [2.45, 2.75) is 45.3 Å². The Balaban J connectivity index is 2.15. The van der Waals surface area contributed by atoms with E-state index in [2.05, 4.69) is 43.2 Å². The lowest BCUT2D eigenvalue weighted by molar-refractivity contribution is 0.116. The molecular formula is C16H27N3O. The maximum atomic E-state index is 5.72. The summed E-state index contributed by atoms with van der Waals surface area (Å²) in [5.74, 6) is 1.50. The van der Waals surface area contributed by atoms with Gasteiger partial charge in [0.05, 0.1) is 6.10 Å². The van der Waals surface area contributed by atoms with Crippen molar-refractivity contribution in [3.8, 4) is 0 Å². The van der Waals surface area contributed by atoms with Crippen LogP contribution in [0.25, 0.3) is 0 Å². The maximum Gasteiger partial charge on any atom is 0.128 e. The summed E-state index contributed by atoms with van der Waals surface area (Å²) in [4.78, 5) is 7.02. The summed E-state index contributed by atoms with van der Waals surface area (Å²) in [6, 6.07) is 4.38. The molecule has 1 aromatic rings. The Morgan fingerprint density at radius 2 is 2.25 bits per heavy atom. The summed E-state index contributed by atoms with van der Waals surface area (Å²) < 4.78 is 5.72. The highest BCUT2D eigenvalue weighted by atomic mass is 16.5. The quantitative estimate of drug-likeness (QED) is 0.867. The highest BCUT2D eigenvalue weighted by molar-refractivity contribution is 5.42. The van der Waals surface area contributed by atoms with Gasteiger partial charge in [0, 0.05) is 32.4 Å². The van der Waals surface area contributed by atoms with E-state index in [9.17, 15) is 0 Å². The maximum absolute atomic E-state index is 5.72. The van der Waals surface area contributed by atoms with Crippen molar-refractivity contribution < 1.29 is 4.74 Å². The fraction of sp³-hybridized carbons (Fsp3) is 0.688. The van der Waals surface area contributed by atoms with Crippen molar-refractivity contribution in [2.24, 2.45) is 0 Å². The second-order valence-corrected chi connectivity index (χ2v) is 5.96. The highest BCUT2D eigenvalue weighted by Gasteiger charge is 2.18. The van der Waals surface area contributed by atoms with Crippen LogP contribution in [0.5, 0.6) is 0 Å². The minimum Gasteiger partial charge on any atom is -0.376 e. The van der Waals surface area contributed by atoms with Gasteiger partial charge in [-0.1, -0.05) is 13.8 Å². The molecular weight excluding hydrogens is 250 g/mol. The molecule has 1 aliphatic rings. The summed E-state index contributed by atoms with van der Waals surface area (Å²) in [7, 11) is 4.09. The number of nitrogens with zero attached hydrogens (tertiary/aromatic N) is 2. The van der Waals surface area contributed by atoms with Gasteiger partial charge < -0.3 is 15.0 Å². The average Bonchev–Trinajstić information content (AvgIpc) is 2.91. The van der Waals surface area contributed by atoms with E-state index in [-0.39, 0.29) is 0 Å². The predicted octanol–water partition coefficient (Wildman–Crippen LogP) is 2.54. The van der Waals surface area contributed by atoms with Crippen LogP contribution >= 0.6 is 0 Å². The van der Waals surface area contributed by atoms with Gasteiger partial charge in [0.25, 0.3) is 0 Å². The summed E-state index contributed by atoms with van der Waals surface area (Å²) in [5.41, 5.74) is 2.45. The van der Waals surface area contributed by atoms with E-state index < -0.39 is 0 Å². The van der Waals surface area contributed by atoms with E-state index in [0.717, 1.165) is 37.6 Å². The first-order valence-corrected chi connectivity index (χ1v) is 7.58. The third kappa shape index (κ3) is 3.93. The first kappa shape index (κ1) is 15.3. The van der Waals surface area contributed by atoms with Crippen LogP contribution in [0, 0.1) is 0 Å². The normalized spacial score (nSPS) is 18.8. The smallest absolute Gasteiger partial charge is 0.128 e. The first-order chi connectivity index (χ1) is 9.60. The number of rotatable bonds is 6. The highest BCUT2D eigenvalue weighted by Crippen LogP contribution is 2.21. The molecule has 1 N–H and O–H groups in total. The summed E-state index contributed by atoms with van der Waals surface area (Å²) >= 11 is 0. The van der Waals surface area contributed by atoms with Crippen LogP contribution in [0.3, 0.4) is 0 Å². The molecule has 2 rings (SSSR count). The standard InChI is InChI=1S/C16H27N3O/c1-12(2)15-8-13(10-17-3)9-16(18-15)19(4)11-14-6-5-7-20-14/h8-9,12,14,17H,5-7,10-11H2,1-4H3. The summed E-state index contributed by atoms with van der Waals surface area (Å²) in [5, 5.41) is 3.22. The molecule has 0 amide bonds. The Morgan fingerprint density at radius 1 is 1.45 bits per heavy atom. The van der Waals surface area contributed by atoms with Gasteiger partial charge >= 0.3 is 0 Å². The number of ether oxygens (including phenoxy) is 1. The third-order valence-electron chi connectivity index (χ3n) is 3.76. The van der Waals surface area contributed by atoms with Crippen LogP contribution in [0.1, 0.15) is 43.9 Å². The van der Waals surface area contributed by atoms with E-state index in [1.165, 1.54) is 12.0 Å². The van der Waals surface area contributed by atoms with Gasteiger partial charge in [-0.25, -0.2) is 4.98 Å². The number of likely N-dealkylation sites (N-methyl/N-ethyl adjacent to an activating group) is 1. The molecule has 0 bridgehead atoms. The van der Waals surface area contributed by atoms with Crippen molar-refractivity contribution >= 4 is 5.82 Å². The monoisotopic (exact) mass is 277 g/mol. The van der Waals surface area contributed by atoms with Crippen molar-refractivity contribution in [2.75, 3.05) is 32.1 Å². The van der Waals surface area contributed by atoms with Crippen LogP contribution in [-0.4, -0.2) is 38.3 Å². The molecule has 112 valence electrons. The zero-order chi connectivity index (χ0) is 14.5. The molecule has 4 heteroatoms. The average molecular weight is 277 g/mol. The zero-order valence-electron chi connectivity index (χ0n) is 13.1. The first-order valence-electron chi connectivity index (χ1n) is 7.58. The van der Waals surface area contributed by atoms with Crippen LogP contribution < -0.4 is 10.2 Å². The Bertz CT molecular complexity index is 428. The minimum absolute atomic E-state index is 0.359. The second kappa shape index (κ2) is 7.04. The number of hydrogen-bond donors (Lipinski definition) is 1. The van der Waals surface area contributed by atoms with Crippen molar-refractivity contribution in [1.29, 1.82) is 0 Å². The van der Waals surface area contributed by atoms with Crippen molar-refractivity contribution in [3.63, 3.8) is 0 Å². The summed E-state index contributed by atoms with van der Waals surface area (Å²) in [6.45, 7) is 7.09. The number of pyridine rings is 1. The zero-order valence-corrected chi connectivity index (χ0v) is 13.1. The van der Waals surface area contributed by atoms with Gasteiger partial charge in [0.2, 0.25) is 0 Å². The molecule has 1 atom stereocenters. The number of anilines is 1. The van der Waals surface area contributed by atoms with Crippen molar-refractivity contribution in [1.82, 2.24) is 10.3 Å².